The molecule has 2 amide bonds. The van der Waals surface area contributed by atoms with Crippen LogP contribution in [0.2, 0.25) is 5.02 Å². The molecular weight excluding hydrogens is 658 g/mol. The number of benzene rings is 3. The monoisotopic (exact) mass is 695 g/mol. The van der Waals surface area contributed by atoms with Crippen LogP contribution < -0.4 is 21.1 Å². The molecular formula is C34H38ClF4N3O6. The van der Waals surface area contributed by atoms with E-state index in [1.807, 2.05) is 30.3 Å². The molecule has 260 valence electrons. The predicted molar refractivity (Wildman–Crippen MR) is 173 cm³/mol. The molecule has 3 aromatic rings. The van der Waals surface area contributed by atoms with Crippen molar-refractivity contribution in [2.24, 2.45) is 11.7 Å². The Morgan fingerprint density at radius 2 is 1.65 bits per heavy atom. The van der Waals surface area contributed by atoms with E-state index < -0.39 is 23.9 Å². The second-order valence-electron chi connectivity index (χ2n) is 11.1. The third kappa shape index (κ3) is 10.4. The highest BCUT2D eigenvalue weighted by Crippen LogP contribution is 2.39. The molecule has 0 aliphatic heterocycles. The van der Waals surface area contributed by atoms with Crippen LogP contribution in [0.15, 0.2) is 60.7 Å². The number of hydrogen-bond acceptors (Lipinski definition) is 6. The fraction of sp³-hybridized carbons (Fsp3) is 0.382. The summed E-state index contributed by atoms with van der Waals surface area (Å²) in [5.41, 5.74) is 8.03. The van der Waals surface area contributed by atoms with E-state index in [0.717, 1.165) is 36.8 Å². The Bertz CT molecular complexity index is 1550. The maximum Gasteiger partial charge on any atom is 0.490 e. The number of aliphatic carboxylic acids is 1. The second kappa shape index (κ2) is 17.8. The van der Waals surface area contributed by atoms with Crippen LogP contribution in [0.5, 0.6) is 5.75 Å². The number of nitrogens with one attached hydrogen (secondary N) is 2. The summed E-state index contributed by atoms with van der Waals surface area (Å²) in [6.45, 7) is 1.05. The highest BCUT2D eigenvalue weighted by Gasteiger charge is 2.38. The first kappa shape index (κ1) is 38.2. The number of primary amides is 1. The first-order chi connectivity index (χ1) is 22.8. The Hall–Kier alpha value is -4.20. The molecule has 1 saturated carbocycles. The molecule has 1 aliphatic rings. The number of ether oxygens (including phenoxy) is 2. The van der Waals surface area contributed by atoms with Crippen molar-refractivity contribution in [1.29, 1.82) is 0 Å². The van der Waals surface area contributed by atoms with Gasteiger partial charge in [-0.2, -0.15) is 13.2 Å². The minimum absolute atomic E-state index is 0.00607. The molecule has 0 heterocycles. The molecule has 5 N–H and O–H groups in total. The van der Waals surface area contributed by atoms with Crippen LogP contribution in [0.1, 0.15) is 53.1 Å². The fourth-order valence-corrected chi connectivity index (χ4v) is 5.70. The standard InChI is InChI=1S/C32H37ClFN3O4.C2HF3O2/c1-36-32(39)21-8-11-23(12-9-21)37-19-26(20-6-4-3-5-7-20)22-10-14-27(33)25(18-22)29-24(31(35)38)13-15-28(30(29)34)41-17-16-40-2;3-2(4,5)1(6)7/h3-7,10,13-15,18,21,23,26,37H,8-9,11-12,16-17,19H2,1-2H3,(H2,35,38)(H,36,39);(H,6,7). The summed E-state index contributed by atoms with van der Waals surface area (Å²) in [5, 5.41) is 13.9. The number of hydrogen-bond donors (Lipinski definition) is 4. The molecule has 1 unspecified atom stereocenters. The maximum atomic E-state index is 15.9. The molecule has 9 nitrogen and oxygen atoms in total. The van der Waals surface area contributed by atoms with Gasteiger partial charge in [0.15, 0.2) is 11.6 Å². The Balaban J connectivity index is 0.000000804. The molecule has 1 aliphatic carbocycles. The molecule has 0 aromatic heterocycles. The van der Waals surface area contributed by atoms with Crippen molar-refractivity contribution in [3.63, 3.8) is 0 Å². The summed E-state index contributed by atoms with van der Waals surface area (Å²) in [6.07, 6.45) is -1.57. The summed E-state index contributed by atoms with van der Waals surface area (Å²) in [7, 11) is 3.21. The normalized spacial score (nSPS) is 16.6. The van der Waals surface area contributed by atoms with Crippen molar-refractivity contribution in [2.75, 3.05) is 33.9 Å². The molecule has 1 atom stereocenters. The molecule has 0 saturated heterocycles. The van der Waals surface area contributed by atoms with Gasteiger partial charge in [0.05, 0.1) is 12.2 Å². The van der Waals surface area contributed by atoms with Crippen molar-refractivity contribution in [3.8, 4) is 16.9 Å². The van der Waals surface area contributed by atoms with Gasteiger partial charge in [-0.05, 0) is 61.1 Å². The average molecular weight is 696 g/mol. The molecule has 4 rings (SSSR count). The molecule has 3 aromatic carbocycles. The van der Waals surface area contributed by atoms with E-state index >= 15 is 4.39 Å². The lowest BCUT2D eigenvalue weighted by Crippen LogP contribution is -2.39. The summed E-state index contributed by atoms with van der Waals surface area (Å²) in [6, 6.07) is 18.7. The van der Waals surface area contributed by atoms with Gasteiger partial charge in [-0.3, -0.25) is 9.59 Å². The van der Waals surface area contributed by atoms with Gasteiger partial charge in [0.2, 0.25) is 11.8 Å². The third-order valence-corrected chi connectivity index (χ3v) is 8.31. The van der Waals surface area contributed by atoms with Crippen LogP contribution in [0.4, 0.5) is 17.6 Å². The third-order valence-electron chi connectivity index (χ3n) is 7.98. The number of carboxylic acid groups (broad SMARTS) is 1. The number of methoxy groups -OCH3 is 1. The van der Waals surface area contributed by atoms with Crippen LogP contribution in [-0.2, 0) is 14.3 Å². The smallest absolute Gasteiger partial charge is 0.488 e. The van der Waals surface area contributed by atoms with Crippen molar-refractivity contribution in [2.45, 2.75) is 43.8 Å². The number of rotatable bonds is 12. The summed E-state index contributed by atoms with van der Waals surface area (Å²) >= 11 is 6.63. The van der Waals surface area contributed by atoms with Gasteiger partial charge in [0, 0.05) is 54.7 Å². The topological polar surface area (TPSA) is 140 Å². The number of alkyl halides is 3. The number of carbonyl (C=O) groups excluding carboxylic acids is 2. The Kier molecular flexibility index (Phi) is 14.2. The van der Waals surface area contributed by atoms with Crippen molar-refractivity contribution >= 4 is 29.4 Å². The SMILES string of the molecule is CNC(=O)C1CCC(NCC(c2ccccc2)c2ccc(Cl)c(-c3c(C(N)=O)ccc(OCCOC)c3F)c2)CC1.O=C(O)C(F)(F)F. The van der Waals surface area contributed by atoms with Gasteiger partial charge in [-0.1, -0.05) is 48.0 Å². The minimum Gasteiger partial charge on any atom is -0.488 e. The number of carbonyl (C=O) groups is 3. The average Bonchev–Trinajstić information content (AvgIpc) is 3.06. The van der Waals surface area contributed by atoms with Crippen molar-refractivity contribution in [3.05, 3.63) is 88.2 Å². The van der Waals surface area contributed by atoms with Crippen LogP contribution in [-0.4, -0.2) is 69.0 Å². The van der Waals surface area contributed by atoms with Gasteiger partial charge >= 0.3 is 12.1 Å². The van der Waals surface area contributed by atoms with E-state index in [0.29, 0.717) is 12.1 Å². The van der Waals surface area contributed by atoms with E-state index in [4.69, 9.17) is 36.7 Å². The van der Waals surface area contributed by atoms with Gasteiger partial charge in [0.1, 0.15) is 6.61 Å². The highest BCUT2D eigenvalue weighted by atomic mass is 35.5. The number of amides is 2. The summed E-state index contributed by atoms with van der Waals surface area (Å²) < 4.78 is 58.2. The van der Waals surface area contributed by atoms with E-state index in [1.165, 1.54) is 19.2 Å². The highest BCUT2D eigenvalue weighted by molar-refractivity contribution is 6.33. The first-order valence-corrected chi connectivity index (χ1v) is 15.5. The van der Waals surface area contributed by atoms with Crippen LogP contribution in [0.25, 0.3) is 11.1 Å². The molecule has 48 heavy (non-hydrogen) atoms. The zero-order valence-corrected chi connectivity index (χ0v) is 27.2. The quantitative estimate of drug-likeness (QED) is 0.136. The van der Waals surface area contributed by atoms with Crippen molar-refractivity contribution < 1.29 is 46.5 Å². The van der Waals surface area contributed by atoms with Gasteiger partial charge in [-0.15, -0.1) is 0 Å². The zero-order valence-electron chi connectivity index (χ0n) is 26.4. The number of carboxylic acids is 1. The van der Waals surface area contributed by atoms with Gasteiger partial charge < -0.3 is 30.9 Å². The predicted octanol–water partition coefficient (Wildman–Crippen LogP) is 5.93. The molecule has 0 spiro atoms. The Morgan fingerprint density at radius 3 is 2.21 bits per heavy atom. The second-order valence-corrected chi connectivity index (χ2v) is 11.5. The largest absolute Gasteiger partial charge is 0.490 e. The lowest BCUT2D eigenvalue weighted by atomic mass is 9.84. The van der Waals surface area contributed by atoms with Crippen molar-refractivity contribution in [1.82, 2.24) is 10.6 Å². The molecule has 1 fully saturated rings. The summed E-state index contributed by atoms with van der Waals surface area (Å²) in [4.78, 5) is 33.3. The molecule has 0 bridgehead atoms. The van der Waals surface area contributed by atoms with E-state index in [9.17, 15) is 22.8 Å². The van der Waals surface area contributed by atoms with E-state index in [2.05, 4.69) is 22.8 Å². The lowest BCUT2D eigenvalue weighted by molar-refractivity contribution is -0.192. The van der Waals surface area contributed by atoms with Gasteiger partial charge in [0.25, 0.3) is 0 Å². The Labute approximate surface area is 280 Å². The summed E-state index contributed by atoms with van der Waals surface area (Å²) in [5.74, 6) is -4.16. The van der Waals surface area contributed by atoms with Gasteiger partial charge in [-0.25, -0.2) is 9.18 Å². The molecule has 0 radical (unpaired) electrons. The fourth-order valence-electron chi connectivity index (χ4n) is 5.49. The Morgan fingerprint density at radius 1 is 1.00 bits per heavy atom. The van der Waals surface area contributed by atoms with Crippen LogP contribution in [0, 0.1) is 11.7 Å². The number of nitrogens with two attached hydrogens (primary N) is 1. The van der Waals surface area contributed by atoms with Crippen LogP contribution in [0.3, 0.4) is 0 Å². The zero-order chi connectivity index (χ0) is 35.4. The lowest BCUT2D eigenvalue weighted by Gasteiger charge is -2.30. The van der Waals surface area contributed by atoms with E-state index in [-0.39, 0.29) is 58.9 Å². The molecule has 14 heteroatoms. The number of halogens is 5. The van der Waals surface area contributed by atoms with E-state index in [1.54, 1.807) is 13.1 Å². The van der Waals surface area contributed by atoms with Crippen LogP contribution >= 0.6 is 11.6 Å². The maximum absolute atomic E-state index is 15.9. The minimum atomic E-state index is -5.08. The first-order valence-electron chi connectivity index (χ1n) is 15.1.